The third kappa shape index (κ3) is 2.72. The minimum absolute atomic E-state index is 0.103. The van der Waals surface area contributed by atoms with Gasteiger partial charge in [0.15, 0.2) is 11.4 Å². The van der Waals surface area contributed by atoms with Crippen molar-refractivity contribution in [1.29, 1.82) is 5.26 Å². The number of rotatable bonds is 4. The molecule has 0 atom stereocenters. The molecule has 0 amide bonds. The smallest absolute Gasteiger partial charge is 0.350 e. The van der Waals surface area contributed by atoms with Crippen molar-refractivity contribution in [3.8, 4) is 6.07 Å². The van der Waals surface area contributed by atoms with Gasteiger partial charge in [-0.25, -0.2) is 4.79 Å². The Hall–Kier alpha value is -2.81. The number of fused-ring (bicyclic) bond motifs is 1. The molecule has 0 aliphatic heterocycles. The average molecular weight is 256 g/mol. The molecule has 1 aromatic carbocycles. The normalized spacial score (nSPS) is 11.1. The lowest BCUT2D eigenvalue weighted by Gasteiger charge is -2.00. The first-order chi connectivity index (χ1) is 9.26. The summed E-state index contributed by atoms with van der Waals surface area (Å²) in [5, 5.41) is 19.5. The van der Waals surface area contributed by atoms with E-state index in [1.165, 1.54) is 6.20 Å². The fourth-order valence-electron chi connectivity index (χ4n) is 1.56. The van der Waals surface area contributed by atoms with Crippen molar-refractivity contribution >= 4 is 22.7 Å². The monoisotopic (exact) mass is 256 g/mol. The van der Waals surface area contributed by atoms with Gasteiger partial charge in [-0.15, -0.1) is 0 Å². The van der Waals surface area contributed by atoms with E-state index in [1.54, 1.807) is 13.0 Å². The quantitative estimate of drug-likeness (QED) is 0.495. The van der Waals surface area contributed by atoms with Gasteiger partial charge < -0.3 is 10.1 Å². The molecule has 0 fully saturated rings. The summed E-state index contributed by atoms with van der Waals surface area (Å²) >= 11 is 0. The van der Waals surface area contributed by atoms with Gasteiger partial charge in [0, 0.05) is 11.6 Å². The number of hydrogen-bond donors (Lipinski definition) is 2. The topological polar surface area (TPSA) is 90.8 Å². The number of para-hydroxylation sites is 1. The summed E-state index contributed by atoms with van der Waals surface area (Å²) in [4.78, 5) is 11.4. The standard InChI is InChI=1S/C13H12N4O2/c1-2-19-13(18)9(7-14)8-15-12-10-5-3-4-6-11(10)16-17-12/h3-6,8H,2H2,1H3,(H2,15,16,17)/b9-8-. The van der Waals surface area contributed by atoms with E-state index in [-0.39, 0.29) is 12.2 Å². The largest absolute Gasteiger partial charge is 0.462 e. The fourth-order valence-corrected chi connectivity index (χ4v) is 1.56. The Balaban J connectivity index is 2.21. The van der Waals surface area contributed by atoms with Crippen LogP contribution in [0.3, 0.4) is 0 Å². The second kappa shape index (κ2) is 5.69. The summed E-state index contributed by atoms with van der Waals surface area (Å²) in [6, 6.07) is 9.31. The molecule has 1 aromatic heterocycles. The van der Waals surface area contributed by atoms with Crippen LogP contribution >= 0.6 is 0 Å². The molecule has 0 aliphatic carbocycles. The number of ether oxygens (including phenoxy) is 1. The van der Waals surface area contributed by atoms with Crippen LogP contribution in [-0.4, -0.2) is 22.8 Å². The number of carbonyl (C=O) groups is 1. The summed E-state index contributed by atoms with van der Waals surface area (Å²) in [6.45, 7) is 1.91. The first-order valence-corrected chi connectivity index (χ1v) is 5.73. The van der Waals surface area contributed by atoms with Crippen LogP contribution in [0, 0.1) is 11.3 Å². The fraction of sp³-hybridized carbons (Fsp3) is 0.154. The molecule has 0 aliphatic rings. The molecule has 0 saturated heterocycles. The van der Waals surface area contributed by atoms with Gasteiger partial charge in [-0.2, -0.15) is 10.4 Å². The molecule has 0 bridgehead atoms. The number of anilines is 1. The van der Waals surface area contributed by atoms with Crippen LogP contribution in [0.5, 0.6) is 0 Å². The number of nitriles is 1. The SMILES string of the molecule is CCOC(=O)/C(C#N)=C\Nc1n[nH]c2ccccc12. The number of aromatic nitrogens is 2. The number of nitrogens with zero attached hydrogens (tertiary/aromatic N) is 2. The molecule has 2 N–H and O–H groups in total. The molecule has 0 spiro atoms. The Morgan fingerprint density at radius 3 is 3.11 bits per heavy atom. The predicted molar refractivity (Wildman–Crippen MR) is 70.0 cm³/mol. The van der Waals surface area contributed by atoms with Gasteiger partial charge in [-0.1, -0.05) is 12.1 Å². The first kappa shape index (κ1) is 12.6. The zero-order valence-corrected chi connectivity index (χ0v) is 10.3. The van der Waals surface area contributed by atoms with Crippen LogP contribution in [-0.2, 0) is 9.53 Å². The number of nitrogens with one attached hydrogen (secondary N) is 2. The van der Waals surface area contributed by atoms with E-state index in [0.29, 0.717) is 5.82 Å². The highest BCUT2D eigenvalue weighted by molar-refractivity contribution is 5.94. The molecular weight excluding hydrogens is 244 g/mol. The summed E-state index contributed by atoms with van der Waals surface area (Å²) < 4.78 is 4.75. The van der Waals surface area contributed by atoms with Crippen molar-refractivity contribution in [2.75, 3.05) is 11.9 Å². The third-order valence-electron chi connectivity index (χ3n) is 2.44. The van der Waals surface area contributed by atoms with Crippen molar-refractivity contribution < 1.29 is 9.53 Å². The third-order valence-corrected chi connectivity index (χ3v) is 2.44. The van der Waals surface area contributed by atoms with Crippen molar-refractivity contribution in [1.82, 2.24) is 10.2 Å². The number of esters is 1. The second-order valence-electron chi connectivity index (χ2n) is 3.65. The van der Waals surface area contributed by atoms with E-state index in [1.807, 2.05) is 24.3 Å². The average Bonchev–Trinajstić information content (AvgIpc) is 2.83. The maximum atomic E-state index is 11.4. The predicted octanol–water partition coefficient (Wildman–Crippen LogP) is 1.95. The summed E-state index contributed by atoms with van der Waals surface area (Å²) in [6.07, 6.45) is 1.29. The van der Waals surface area contributed by atoms with Crippen molar-refractivity contribution in [3.63, 3.8) is 0 Å². The maximum Gasteiger partial charge on any atom is 0.350 e. The number of hydrogen-bond acceptors (Lipinski definition) is 5. The van der Waals surface area contributed by atoms with E-state index in [9.17, 15) is 4.79 Å². The van der Waals surface area contributed by atoms with Gasteiger partial charge in [0.05, 0.1) is 12.1 Å². The van der Waals surface area contributed by atoms with E-state index < -0.39 is 5.97 Å². The number of aromatic amines is 1. The minimum Gasteiger partial charge on any atom is -0.462 e. The van der Waals surface area contributed by atoms with Crippen LogP contribution in [0.1, 0.15) is 6.92 Å². The lowest BCUT2D eigenvalue weighted by Crippen LogP contribution is -2.08. The lowest BCUT2D eigenvalue weighted by atomic mass is 10.2. The summed E-state index contributed by atoms with van der Waals surface area (Å²) in [5.41, 5.74) is 0.766. The zero-order valence-electron chi connectivity index (χ0n) is 10.3. The highest BCUT2D eigenvalue weighted by Gasteiger charge is 2.10. The van der Waals surface area contributed by atoms with Crippen LogP contribution in [0.25, 0.3) is 10.9 Å². The molecule has 6 heteroatoms. The van der Waals surface area contributed by atoms with Gasteiger partial charge in [0.25, 0.3) is 0 Å². The highest BCUT2D eigenvalue weighted by atomic mass is 16.5. The molecule has 6 nitrogen and oxygen atoms in total. The summed E-state index contributed by atoms with van der Waals surface area (Å²) in [7, 11) is 0. The number of carbonyl (C=O) groups excluding carboxylic acids is 1. The molecule has 19 heavy (non-hydrogen) atoms. The summed E-state index contributed by atoms with van der Waals surface area (Å²) in [5.74, 6) is -0.106. The zero-order chi connectivity index (χ0) is 13.7. The minimum atomic E-state index is -0.655. The van der Waals surface area contributed by atoms with Crippen LogP contribution in [0.4, 0.5) is 5.82 Å². The van der Waals surface area contributed by atoms with Crippen LogP contribution < -0.4 is 5.32 Å². The van der Waals surface area contributed by atoms with Crippen molar-refractivity contribution in [2.45, 2.75) is 6.92 Å². The molecular formula is C13H12N4O2. The van der Waals surface area contributed by atoms with Crippen molar-refractivity contribution in [2.24, 2.45) is 0 Å². The number of H-pyrrole nitrogens is 1. The Morgan fingerprint density at radius 2 is 2.37 bits per heavy atom. The van der Waals surface area contributed by atoms with Crippen molar-refractivity contribution in [3.05, 3.63) is 36.0 Å². The molecule has 96 valence electrons. The molecule has 1 heterocycles. The van der Waals surface area contributed by atoms with E-state index in [4.69, 9.17) is 10.00 Å². The van der Waals surface area contributed by atoms with E-state index in [2.05, 4.69) is 15.5 Å². The maximum absolute atomic E-state index is 11.4. The lowest BCUT2D eigenvalue weighted by molar-refractivity contribution is -0.138. The van der Waals surface area contributed by atoms with Gasteiger partial charge >= 0.3 is 5.97 Å². The first-order valence-electron chi connectivity index (χ1n) is 5.73. The Morgan fingerprint density at radius 1 is 1.58 bits per heavy atom. The second-order valence-corrected chi connectivity index (χ2v) is 3.65. The Labute approximate surface area is 109 Å². The Bertz CT molecular complexity index is 667. The van der Waals surface area contributed by atoms with Gasteiger partial charge in [0.1, 0.15) is 6.07 Å². The van der Waals surface area contributed by atoms with Crippen LogP contribution in [0.2, 0.25) is 0 Å². The molecule has 2 aromatic rings. The molecule has 0 unspecified atom stereocenters. The van der Waals surface area contributed by atoms with E-state index in [0.717, 1.165) is 10.9 Å². The molecule has 2 rings (SSSR count). The highest BCUT2D eigenvalue weighted by Crippen LogP contribution is 2.19. The van der Waals surface area contributed by atoms with Crippen LogP contribution in [0.15, 0.2) is 36.0 Å². The van der Waals surface area contributed by atoms with Gasteiger partial charge in [-0.05, 0) is 19.1 Å². The molecule has 0 saturated carbocycles. The van der Waals surface area contributed by atoms with E-state index >= 15 is 0 Å². The number of benzene rings is 1. The molecule has 0 radical (unpaired) electrons. The Kier molecular flexibility index (Phi) is 3.78. The van der Waals surface area contributed by atoms with Gasteiger partial charge in [0.2, 0.25) is 0 Å². The van der Waals surface area contributed by atoms with Gasteiger partial charge in [-0.3, -0.25) is 5.10 Å².